The molecule has 4 nitrogen and oxygen atoms in total. The van der Waals surface area contributed by atoms with Gasteiger partial charge in [0.1, 0.15) is 19.5 Å². The van der Waals surface area contributed by atoms with Gasteiger partial charge < -0.3 is 18.9 Å². The van der Waals surface area contributed by atoms with E-state index >= 15 is 0 Å². The molecule has 6 bridgehead atoms. The SMILES string of the molecule is CCOC1(OCC)[C@@]2(Cl)C(Cl)=C(Cl)[C@@]1(Cl)[C@@H]1C3CC([C@H]12)[C@@H]1[C@H]3[C@]2(Cl)C(Cl)=C(Cl)[C@@]1(Cl)C2(OCC)OCC. The van der Waals surface area contributed by atoms with Gasteiger partial charge in [0.05, 0.1) is 20.1 Å². The number of hydrogen-bond donors (Lipinski definition) is 0. The summed E-state index contributed by atoms with van der Waals surface area (Å²) in [4.78, 5) is -5.32. The van der Waals surface area contributed by atoms with Crippen molar-refractivity contribution in [2.24, 2.45) is 35.5 Å². The van der Waals surface area contributed by atoms with Crippen molar-refractivity contribution in [2.45, 2.75) is 65.2 Å². The van der Waals surface area contributed by atoms with E-state index in [1.54, 1.807) is 0 Å². The molecule has 4 fully saturated rings. The first-order valence-corrected chi connectivity index (χ1v) is 15.8. The monoisotopic (exact) mass is 672 g/mol. The van der Waals surface area contributed by atoms with E-state index in [1.165, 1.54) is 0 Å². The van der Waals surface area contributed by atoms with Gasteiger partial charge in [-0.25, -0.2) is 0 Å². The molecule has 0 aliphatic heterocycles. The van der Waals surface area contributed by atoms with Crippen molar-refractivity contribution in [2.75, 3.05) is 26.4 Å². The zero-order valence-electron chi connectivity index (χ0n) is 20.7. The summed E-state index contributed by atoms with van der Waals surface area (Å²) in [7, 11) is 0. The lowest BCUT2D eigenvalue weighted by Gasteiger charge is -2.48. The van der Waals surface area contributed by atoms with Crippen molar-refractivity contribution >= 4 is 92.8 Å². The first kappa shape index (κ1) is 28.7. The summed E-state index contributed by atoms with van der Waals surface area (Å²) in [5.41, 5.74) is 0. The van der Waals surface area contributed by atoms with Crippen LogP contribution in [0.4, 0.5) is 0 Å². The lowest BCUT2D eigenvalue weighted by molar-refractivity contribution is -0.252. The van der Waals surface area contributed by atoms with Gasteiger partial charge in [-0.2, -0.15) is 0 Å². The molecule has 0 spiro atoms. The number of alkyl halides is 4. The number of halogens is 8. The van der Waals surface area contributed by atoms with E-state index in [2.05, 4.69) is 0 Å². The third-order valence-electron chi connectivity index (χ3n) is 9.97. The number of fused-ring (bicyclic) bond motifs is 16. The minimum atomic E-state index is -1.47. The van der Waals surface area contributed by atoms with E-state index in [0.29, 0.717) is 26.4 Å². The Labute approximate surface area is 257 Å². The normalized spacial score (nSPS) is 51.6. The fourth-order valence-electron chi connectivity index (χ4n) is 9.53. The Balaban J connectivity index is 1.59. The lowest BCUT2D eigenvalue weighted by Crippen LogP contribution is -2.61. The standard InChI is InChI=1S/C25H28Cl8O4/c1-5-34-24(35-6-2)20(30)12-10-9-11(13(12)21(24,31)17(27)16(20)26)15-14(10)22(32)18(28)19(29)23(15,33)25(22,36-7-3)37-8-4/h10-15H,5-9H2,1-4H3/t10?,11?,12-,13-,14-,15+,20+,21+,22-,23+/m1/s1. The molecular formula is C25H28Cl8O4. The van der Waals surface area contributed by atoms with Crippen LogP contribution in [-0.4, -0.2) is 57.5 Å². The van der Waals surface area contributed by atoms with E-state index in [0.717, 1.165) is 6.42 Å². The molecule has 0 amide bonds. The highest BCUT2D eigenvalue weighted by Gasteiger charge is 2.96. The summed E-state index contributed by atoms with van der Waals surface area (Å²) in [5.74, 6) is -4.24. The smallest absolute Gasteiger partial charge is 0.218 e. The summed E-state index contributed by atoms with van der Waals surface area (Å²) in [5, 5.41) is 1.02. The van der Waals surface area contributed by atoms with Crippen LogP contribution in [0.2, 0.25) is 0 Å². The summed E-state index contributed by atoms with van der Waals surface area (Å²) >= 11 is 58.3. The molecule has 208 valence electrons. The molecule has 6 aliphatic carbocycles. The first-order chi connectivity index (χ1) is 17.3. The van der Waals surface area contributed by atoms with Crippen molar-refractivity contribution in [3.05, 3.63) is 20.1 Å². The van der Waals surface area contributed by atoms with Crippen LogP contribution in [0.15, 0.2) is 20.1 Å². The van der Waals surface area contributed by atoms with Crippen LogP contribution < -0.4 is 0 Å². The van der Waals surface area contributed by atoms with Gasteiger partial charge in [0.25, 0.3) is 0 Å². The maximum Gasteiger partial charge on any atom is 0.218 e. The molecule has 10 atom stereocenters. The second-order valence-electron chi connectivity index (χ2n) is 10.7. The third-order valence-corrected chi connectivity index (χ3v) is 15.3. The molecule has 0 saturated heterocycles. The largest absolute Gasteiger partial charge is 0.346 e. The van der Waals surface area contributed by atoms with Gasteiger partial charge in [-0.15, -0.1) is 46.4 Å². The van der Waals surface area contributed by atoms with Crippen molar-refractivity contribution in [1.82, 2.24) is 0 Å². The van der Waals surface area contributed by atoms with E-state index in [4.69, 9.17) is 112 Å². The molecule has 6 rings (SSSR count). The van der Waals surface area contributed by atoms with E-state index in [9.17, 15) is 0 Å². The van der Waals surface area contributed by atoms with Crippen molar-refractivity contribution in [3.8, 4) is 0 Å². The Kier molecular flexibility index (Phi) is 6.68. The topological polar surface area (TPSA) is 36.9 Å². The van der Waals surface area contributed by atoms with Crippen molar-refractivity contribution in [1.29, 1.82) is 0 Å². The average molecular weight is 676 g/mol. The highest BCUT2D eigenvalue weighted by molar-refractivity contribution is 6.53. The van der Waals surface area contributed by atoms with Gasteiger partial charge in [-0.3, -0.25) is 0 Å². The molecule has 0 N–H and O–H groups in total. The minimum absolute atomic E-state index is 0.103. The van der Waals surface area contributed by atoms with E-state index in [-0.39, 0.29) is 55.6 Å². The highest BCUT2D eigenvalue weighted by atomic mass is 35.5. The molecule has 0 aromatic heterocycles. The summed E-state index contributed by atoms with van der Waals surface area (Å²) in [6.07, 6.45) is 0.752. The zero-order valence-corrected chi connectivity index (χ0v) is 26.7. The average Bonchev–Trinajstić information content (AvgIpc) is 3.57. The van der Waals surface area contributed by atoms with E-state index < -0.39 is 31.1 Å². The maximum atomic E-state index is 7.62. The van der Waals surface area contributed by atoms with Gasteiger partial charge in [-0.1, -0.05) is 46.4 Å². The minimum Gasteiger partial charge on any atom is -0.346 e. The number of hydrogen-bond acceptors (Lipinski definition) is 4. The van der Waals surface area contributed by atoms with Crippen LogP contribution in [0.5, 0.6) is 0 Å². The lowest BCUT2D eigenvalue weighted by atomic mass is 9.61. The summed E-state index contributed by atoms with van der Waals surface area (Å²) in [6.45, 7) is 8.66. The molecule has 0 aromatic rings. The first-order valence-electron chi connectivity index (χ1n) is 12.8. The maximum absolute atomic E-state index is 7.62. The van der Waals surface area contributed by atoms with Crippen LogP contribution in [0.1, 0.15) is 34.1 Å². The molecule has 0 radical (unpaired) electrons. The highest BCUT2D eigenvalue weighted by Crippen LogP contribution is 2.89. The predicted molar refractivity (Wildman–Crippen MR) is 149 cm³/mol. The second kappa shape index (κ2) is 8.60. The quantitative estimate of drug-likeness (QED) is 0.149. The van der Waals surface area contributed by atoms with Gasteiger partial charge >= 0.3 is 0 Å². The zero-order chi connectivity index (χ0) is 27.1. The van der Waals surface area contributed by atoms with Gasteiger partial charge in [0, 0.05) is 26.4 Å². The Morgan fingerprint density at radius 2 is 0.730 bits per heavy atom. The predicted octanol–water partition coefficient (Wildman–Crippen LogP) is 7.98. The molecule has 6 aliphatic rings. The van der Waals surface area contributed by atoms with Gasteiger partial charge in [0.2, 0.25) is 11.6 Å². The Morgan fingerprint density at radius 1 is 0.514 bits per heavy atom. The van der Waals surface area contributed by atoms with Crippen LogP contribution in [0.3, 0.4) is 0 Å². The van der Waals surface area contributed by atoms with Crippen LogP contribution in [0, 0.1) is 35.5 Å². The summed E-state index contributed by atoms with van der Waals surface area (Å²) in [6, 6.07) is 0. The molecule has 0 aromatic carbocycles. The Hall–Kier alpha value is 1.64. The molecule has 12 heteroatoms. The van der Waals surface area contributed by atoms with Gasteiger partial charge in [-0.05, 0) is 69.6 Å². The Bertz CT molecular complexity index is 950. The van der Waals surface area contributed by atoms with E-state index in [1.807, 2.05) is 27.7 Å². The summed E-state index contributed by atoms with van der Waals surface area (Å²) < 4.78 is 25.4. The van der Waals surface area contributed by atoms with Crippen LogP contribution in [-0.2, 0) is 18.9 Å². The third kappa shape index (κ3) is 2.52. The molecule has 4 saturated carbocycles. The number of ether oxygens (including phenoxy) is 4. The Morgan fingerprint density at radius 3 is 0.919 bits per heavy atom. The van der Waals surface area contributed by atoms with Crippen LogP contribution in [0.25, 0.3) is 0 Å². The molecule has 0 heterocycles. The molecule has 2 unspecified atom stereocenters. The van der Waals surface area contributed by atoms with Crippen molar-refractivity contribution < 1.29 is 18.9 Å². The van der Waals surface area contributed by atoms with Crippen LogP contribution >= 0.6 is 92.8 Å². The fraction of sp³-hybridized carbons (Fsp3) is 0.840. The molecule has 37 heavy (non-hydrogen) atoms. The van der Waals surface area contributed by atoms with Gasteiger partial charge in [0.15, 0.2) is 0 Å². The fourth-order valence-corrected chi connectivity index (χ4v) is 14.0. The number of rotatable bonds is 8. The second-order valence-corrected chi connectivity index (χ2v) is 14.6. The van der Waals surface area contributed by atoms with Crippen molar-refractivity contribution in [3.63, 3.8) is 0 Å². The molecular weight excluding hydrogens is 648 g/mol.